The number of amides is 2. The molecule has 0 bridgehead atoms. The topological polar surface area (TPSA) is 66.7 Å². The first-order chi connectivity index (χ1) is 14.6. The predicted octanol–water partition coefficient (Wildman–Crippen LogP) is 3.57. The number of likely N-dealkylation sites (tertiary alicyclic amines) is 2. The summed E-state index contributed by atoms with van der Waals surface area (Å²) in [6.07, 6.45) is 4.85. The summed E-state index contributed by atoms with van der Waals surface area (Å²) in [5, 5.41) is 0. The summed E-state index contributed by atoms with van der Waals surface area (Å²) in [5.74, 6) is 1.12. The van der Waals surface area contributed by atoms with E-state index in [4.69, 9.17) is 4.42 Å². The summed E-state index contributed by atoms with van der Waals surface area (Å²) in [4.78, 5) is 34.3. The maximum Gasteiger partial charge on any atom is 0.257 e. The molecule has 3 aromatic rings. The molecule has 0 radical (unpaired) electrons. The lowest BCUT2D eigenvalue weighted by atomic mass is 9.89. The fourth-order valence-corrected chi connectivity index (χ4v) is 4.93. The summed E-state index contributed by atoms with van der Waals surface area (Å²) >= 11 is 0. The van der Waals surface area contributed by atoms with Crippen LogP contribution in [0.1, 0.15) is 38.1 Å². The molecule has 30 heavy (non-hydrogen) atoms. The van der Waals surface area contributed by atoms with Gasteiger partial charge in [0.15, 0.2) is 0 Å². The molecule has 1 aromatic carbocycles. The van der Waals surface area contributed by atoms with Gasteiger partial charge in [-0.2, -0.15) is 0 Å². The standard InChI is InChI=1S/C24H23N3O3/c1-16-20(9-12-30-16)24(29)26-13-19-14-27(23(28)18-7-10-25-11-8-18)22(21(19)15-26)17-5-3-2-4-6-17/h2-12,19,21-22H,13-15H2,1H3/t19-,21-,22+/m0/s1. The molecule has 6 nitrogen and oxygen atoms in total. The van der Waals surface area contributed by atoms with E-state index in [9.17, 15) is 9.59 Å². The van der Waals surface area contributed by atoms with Gasteiger partial charge in [-0.25, -0.2) is 0 Å². The molecule has 6 heteroatoms. The Morgan fingerprint density at radius 3 is 2.43 bits per heavy atom. The summed E-state index contributed by atoms with van der Waals surface area (Å²) in [5.41, 5.74) is 2.38. The minimum atomic E-state index is -0.0555. The van der Waals surface area contributed by atoms with Crippen LogP contribution >= 0.6 is 0 Å². The van der Waals surface area contributed by atoms with Crippen LogP contribution in [0.5, 0.6) is 0 Å². The van der Waals surface area contributed by atoms with E-state index in [-0.39, 0.29) is 29.7 Å². The zero-order chi connectivity index (χ0) is 20.7. The van der Waals surface area contributed by atoms with Crippen LogP contribution in [0, 0.1) is 18.8 Å². The molecule has 0 saturated carbocycles. The van der Waals surface area contributed by atoms with E-state index in [1.54, 1.807) is 36.9 Å². The number of rotatable bonds is 3. The summed E-state index contributed by atoms with van der Waals surface area (Å²) in [6.45, 7) is 3.73. The van der Waals surface area contributed by atoms with Crippen LogP contribution in [0.15, 0.2) is 71.6 Å². The minimum Gasteiger partial charge on any atom is -0.469 e. The second kappa shape index (κ2) is 7.44. The zero-order valence-electron chi connectivity index (χ0n) is 16.8. The molecule has 152 valence electrons. The van der Waals surface area contributed by atoms with Gasteiger partial charge < -0.3 is 14.2 Å². The first-order valence-electron chi connectivity index (χ1n) is 10.2. The van der Waals surface area contributed by atoms with E-state index in [2.05, 4.69) is 17.1 Å². The number of aryl methyl sites for hydroxylation is 1. The van der Waals surface area contributed by atoms with E-state index >= 15 is 0 Å². The highest BCUT2D eigenvalue weighted by atomic mass is 16.3. The number of carbonyl (C=O) groups excluding carboxylic acids is 2. The van der Waals surface area contributed by atoms with Crippen LogP contribution in [-0.2, 0) is 0 Å². The predicted molar refractivity (Wildman–Crippen MR) is 111 cm³/mol. The number of furan rings is 1. The number of hydrogen-bond donors (Lipinski definition) is 0. The lowest BCUT2D eigenvalue weighted by Gasteiger charge is -2.30. The highest BCUT2D eigenvalue weighted by Crippen LogP contribution is 2.45. The highest BCUT2D eigenvalue weighted by Gasteiger charge is 2.50. The molecule has 2 aliphatic heterocycles. The van der Waals surface area contributed by atoms with E-state index in [0.717, 1.165) is 5.56 Å². The van der Waals surface area contributed by atoms with Crippen molar-refractivity contribution in [2.75, 3.05) is 19.6 Å². The molecule has 5 rings (SSSR count). The Balaban J connectivity index is 1.44. The molecule has 0 N–H and O–H groups in total. The van der Waals surface area contributed by atoms with Gasteiger partial charge in [-0.15, -0.1) is 0 Å². The minimum absolute atomic E-state index is 0.00877. The quantitative estimate of drug-likeness (QED) is 0.673. The van der Waals surface area contributed by atoms with Crippen LogP contribution < -0.4 is 0 Å². The van der Waals surface area contributed by atoms with Crippen molar-refractivity contribution in [2.24, 2.45) is 11.8 Å². The van der Waals surface area contributed by atoms with E-state index in [0.29, 0.717) is 36.5 Å². The Hall–Kier alpha value is -3.41. The third-order valence-corrected chi connectivity index (χ3v) is 6.37. The summed E-state index contributed by atoms with van der Waals surface area (Å²) in [7, 11) is 0. The largest absolute Gasteiger partial charge is 0.469 e. The first kappa shape index (κ1) is 18.6. The van der Waals surface area contributed by atoms with Gasteiger partial charge in [0.05, 0.1) is 17.9 Å². The number of aromatic nitrogens is 1. The van der Waals surface area contributed by atoms with Crippen LogP contribution in [-0.4, -0.2) is 46.2 Å². The number of benzene rings is 1. The average Bonchev–Trinajstić information content (AvgIpc) is 3.48. The summed E-state index contributed by atoms with van der Waals surface area (Å²) in [6, 6.07) is 15.3. The Morgan fingerprint density at radius 1 is 0.967 bits per heavy atom. The van der Waals surface area contributed by atoms with Crippen molar-refractivity contribution in [3.63, 3.8) is 0 Å². The maximum absolute atomic E-state index is 13.3. The van der Waals surface area contributed by atoms with Crippen molar-refractivity contribution in [2.45, 2.75) is 13.0 Å². The lowest BCUT2D eigenvalue weighted by molar-refractivity contribution is 0.0676. The number of nitrogens with zero attached hydrogens (tertiary/aromatic N) is 3. The molecule has 2 saturated heterocycles. The normalized spacial score (nSPS) is 22.9. The monoisotopic (exact) mass is 401 g/mol. The van der Waals surface area contributed by atoms with Crippen LogP contribution in [0.25, 0.3) is 0 Å². The number of fused-ring (bicyclic) bond motifs is 1. The number of hydrogen-bond acceptors (Lipinski definition) is 4. The number of carbonyl (C=O) groups is 2. The van der Waals surface area contributed by atoms with Crippen molar-refractivity contribution in [3.05, 3.63) is 89.6 Å². The van der Waals surface area contributed by atoms with E-state index in [1.165, 1.54) is 0 Å². The van der Waals surface area contributed by atoms with Crippen LogP contribution in [0.2, 0.25) is 0 Å². The van der Waals surface area contributed by atoms with Crippen molar-refractivity contribution >= 4 is 11.8 Å². The van der Waals surface area contributed by atoms with Crippen molar-refractivity contribution in [3.8, 4) is 0 Å². The Morgan fingerprint density at radius 2 is 1.73 bits per heavy atom. The average molecular weight is 401 g/mol. The molecular weight excluding hydrogens is 378 g/mol. The van der Waals surface area contributed by atoms with Crippen LogP contribution in [0.3, 0.4) is 0 Å². The fourth-order valence-electron chi connectivity index (χ4n) is 4.93. The van der Waals surface area contributed by atoms with Gasteiger partial charge in [0, 0.05) is 49.4 Å². The second-order valence-electron chi connectivity index (χ2n) is 8.07. The zero-order valence-corrected chi connectivity index (χ0v) is 16.8. The smallest absolute Gasteiger partial charge is 0.257 e. The SMILES string of the molecule is Cc1occc1C(=O)N1C[C@H]2CN(C(=O)c3ccncc3)[C@H](c3ccccc3)[C@H]2C1. The third-order valence-electron chi connectivity index (χ3n) is 6.37. The van der Waals surface area contributed by atoms with Crippen molar-refractivity contribution < 1.29 is 14.0 Å². The van der Waals surface area contributed by atoms with Gasteiger partial charge in [-0.1, -0.05) is 30.3 Å². The van der Waals surface area contributed by atoms with Gasteiger partial charge in [-0.05, 0) is 30.7 Å². The Labute approximate surface area is 175 Å². The van der Waals surface area contributed by atoms with Crippen LogP contribution in [0.4, 0.5) is 0 Å². The molecule has 2 aromatic heterocycles. The van der Waals surface area contributed by atoms with Gasteiger partial charge in [0.2, 0.25) is 0 Å². The van der Waals surface area contributed by atoms with Gasteiger partial charge in [-0.3, -0.25) is 14.6 Å². The molecule has 2 fully saturated rings. The van der Waals surface area contributed by atoms with E-state index < -0.39 is 0 Å². The highest BCUT2D eigenvalue weighted by molar-refractivity contribution is 5.96. The molecule has 4 heterocycles. The first-order valence-corrected chi connectivity index (χ1v) is 10.2. The van der Waals surface area contributed by atoms with Crippen molar-refractivity contribution in [1.29, 1.82) is 0 Å². The molecular formula is C24H23N3O3. The maximum atomic E-state index is 13.3. The molecule has 0 spiro atoms. The lowest BCUT2D eigenvalue weighted by Crippen LogP contribution is -2.37. The molecule has 0 unspecified atom stereocenters. The Bertz CT molecular complexity index is 1060. The fraction of sp³-hybridized carbons (Fsp3) is 0.292. The molecule has 2 aliphatic rings. The molecule has 3 atom stereocenters. The van der Waals surface area contributed by atoms with Gasteiger partial charge in [0.1, 0.15) is 5.76 Å². The van der Waals surface area contributed by atoms with Gasteiger partial charge >= 0.3 is 0 Å². The van der Waals surface area contributed by atoms with Crippen molar-refractivity contribution in [1.82, 2.24) is 14.8 Å². The molecule has 0 aliphatic carbocycles. The Kier molecular flexibility index (Phi) is 4.62. The molecule has 2 amide bonds. The van der Waals surface area contributed by atoms with E-state index in [1.807, 2.05) is 34.9 Å². The number of pyridine rings is 1. The summed E-state index contributed by atoms with van der Waals surface area (Å²) < 4.78 is 5.32. The second-order valence-corrected chi connectivity index (χ2v) is 8.07. The third kappa shape index (κ3) is 3.09. The van der Waals surface area contributed by atoms with Gasteiger partial charge in [0.25, 0.3) is 11.8 Å².